The first-order chi connectivity index (χ1) is 28.4. The van der Waals surface area contributed by atoms with Crippen LogP contribution in [-0.4, -0.2) is 108 Å². The van der Waals surface area contributed by atoms with Gasteiger partial charge in [-0.05, 0) is 74.2 Å². The molecule has 4 heterocycles. The summed E-state index contributed by atoms with van der Waals surface area (Å²) in [6.45, 7) is 1.34. The van der Waals surface area contributed by atoms with Gasteiger partial charge in [-0.15, -0.1) is 0 Å². The maximum absolute atomic E-state index is 14.3. The number of nitrogens with one attached hydrogen (secondary N) is 3. The van der Waals surface area contributed by atoms with Gasteiger partial charge in [-0.2, -0.15) is 0 Å². The van der Waals surface area contributed by atoms with Crippen LogP contribution in [0.1, 0.15) is 84.1 Å². The summed E-state index contributed by atoms with van der Waals surface area (Å²) in [5, 5.41) is 9.83. The smallest absolute Gasteiger partial charge is 0.317 e. The summed E-state index contributed by atoms with van der Waals surface area (Å²) in [5.41, 5.74) is 2.67. The first-order valence-corrected chi connectivity index (χ1v) is 20.4. The molecule has 3 aromatic rings. The van der Waals surface area contributed by atoms with E-state index in [4.69, 9.17) is 16.6 Å². The molecule has 3 N–H and O–H groups in total. The average Bonchev–Trinajstić information content (AvgIpc) is 3.75. The minimum Gasteiger partial charge on any atom is -0.384 e. The zero-order chi connectivity index (χ0) is 41.8. The van der Waals surface area contributed by atoms with Gasteiger partial charge >= 0.3 is 6.03 Å². The number of amidine groups is 1. The lowest BCUT2D eigenvalue weighted by atomic mass is 10.0. The molecule has 17 heteroatoms. The van der Waals surface area contributed by atoms with E-state index in [9.17, 15) is 37.1 Å². The van der Waals surface area contributed by atoms with Crippen LogP contribution in [0.4, 0.5) is 40.7 Å². The monoisotopic (exact) mass is 834 g/mol. The Kier molecular flexibility index (Phi) is 12.7. The Morgan fingerprint density at radius 1 is 0.915 bits per heavy atom. The number of carbonyl (C=O) groups is 5. The lowest BCUT2D eigenvalue weighted by Crippen LogP contribution is -2.54. The number of hydrogen-bond acceptors (Lipinski definition) is 8. The van der Waals surface area contributed by atoms with Crippen LogP contribution in [0.25, 0.3) is 0 Å². The molecule has 2 fully saturated rings. The van der Waals surface area contributed by atoms with Crippen molar-refractivity contribution in [1.29, 1.82) is 0 Å². The van der Waals surface area contributed by atoms with E-state index in [-0.39, 0.29) is 41.9 Å². The number of aliphatic imine (C=N–C) groups is 1. The maximum atomic E-state index is 14.3. The zero-order valence-corrected chi connectivity index (χ0v) is 33.4. The summed E-state index contributed by atoms with van der Waals surface area (Å²) < 4.78 is 41.8. The summed E-state index contributed by atoms with van der Waals surface area (Å²) in [5.74, 6) is -2.11. The highest BCUT2D eigenvalue weighted by Gasteiger charge is 2.47. The van der Waals surface area contributed by atoms with Crippen molar-refractivity contribution in [3.8, 4) is 0 Å². The molecule has 312 valence electrons. The number of benzene rings is 3. The average molecular weight is 835 g/mol. The van der Waals surface area contributed by atoms with E-state index >= 15 is 0 Å². The fraction of sp³-hybridized carbons (Fsp3) is 0.429. The van der Waals surface area contributed by atoms with E-state index in [1.807, 2.05) is 0 Å². The van der Waals surface area contributed by atoms with Crippen LogP contribution in [0.2, 0.25) is 5.02 Å². The van der Waals surface area contributed by atoms with Crippen LogP contribution < -0.4 is 20.9 Å². The Morgan fingerprint density at radius 3 is 2.44 bits per heavy atom. The number of hydrogen-bond donors (Lipinski definition) is 3. The topological polar surface area (TPSA) is 147 Å². The predicted octanol–water partition coefficient (Wildman–Crippen LogP) is 7.03. The molecule has 59 heavy (non-hydrogen) atoms. The molecule has 0 radical (unpaired) electrons. The molecule has 4 aliphatic heterocycles. The van der Waals surface area contributed by atoms with E-state index in [0.717, 1.165) is 48.3 Å². The number of nitrogens with zero attached hydrogens (tertiary/aromatic N) is 5. The molecule has 7 rings (SSSR count). The minimum atomic E-state index is -2.66. The summed E-state index contributed by atoms with van der Waals surface area (Å²) in [6, 6.07) is 12.4. The Bertz CT molecular complexity index is 2170. The molecule has 2 saturated heterocycles. The quantitative estimate of drug-likeness (QED) is 0.116. The molecule has 0 saturated carbocycles. The number of imide groups is 2. The third-order valence-corrected chi connectivity index (χ3v) is 11.4. The fourth-order valence-electron chi connectivity index (χ4n) is 8.11. The van der Waals surface area contributed by atoms with Crippen molar-refractivity contribution >= 4 is 69.8 Å². The summed E-state index contributed by atoms with van der Waals surface area (Å²) in [6.07, 6.45) is 3.61. The summed E-state index contributed by atoms with van der Waals surface area (Å²) in [4.78, 5) is 74.3. The second kappa shape index (κ2) is 18.1. The number of alkyl halides is 2. The van der Waals surface area contributed by atoms with Gasteiger partial charge < -0.3 is 25.8 Å². The van der Waals surface area contributed by atoms with Crippen molar-refractivity contribution in [2.24, 2.45) is 4.99 Å². The first-order valence-electron chi connectivity index (χ1n) is 20.0. The second-order valence-electron chi connectivity index (χ2n) is 15.1. The predicted molar refractivity (Wildman–Crippen MR) is 218 cm³/mol. The van der Waals surface area contributed by atoms with E-state index in [1.165, 1.54) is 30.1 Å². The number of urea groups is 1. The zero-order valence-electron chi connectivity index (χ0n) is 32.6. The molecule has 0 spiro atoms. The Morgan fingerprint density at radius 2 is 1.66 bits per heavy atom. The number of rotatable bonds is 14. The van der Waals surface area contributed by atoms with E-state index < -0.39 is 42.6 Å². The molecule has 6 amide bonds. The van der Waals surface area contributed by atoms with E-state index in [0.29, 0.717) is 71.8 Å². The molecular weight excluding hydrogens is 789 g/mol. The second-order valence-corrected chi connectivity index (χ2v) is 15.6. The van der Waals surface area contributed by atoms with Gasteiger partial charge in [0.2, 0.25) is 5.91 Å². The van der Waals surface area contributed by atoms with Crippen LogP contribution in [0.3, 0.4) is 0 Å². The highest BCUT2D eigenvalue weighted by atomic mass is 35.5. The van der Waals surface area contributed by atoms with E-state index in [2.05, 4.69) is 16.0 Å². The van der Waals surface area contributed by atoms with Gasteiger partial charge in [0, 0.05) is 55.9 Å². The minimum absolute atomic E-state index is 0.0852. The molecule has 0 aliphatic carbocycles. The van der Waals surface area contributed by atoms with E-state index in [1.54, 1.807) is 41.3 Å². The van der Waals surface area contributed by atoms with Gasteiger partial charge in [0.25, 0.3) is 24.1 Å². The molecule has 3 aromatic carbocycles. The first kappa shape index (κ1) is 41.5. The SMILES string of the molecule is CN1C(=O)CCC(N2C(=O)c3cccc(NCCCCCCCCNC(=O)N4CC[C@H](N=C5Nc6cc(F)ccc6N(CC(F)F)c6ccc(Cl)cc65)C4)c3C2=O)C1=O. The van der Waals surface area contributed by atoms with Gasteiger partial charge in [0.1, 0.15) is 17.7 Å². The van der Waals surface area contributed by atoms with Crippen molar-refractivity contribution in [3.05, 3.63) is 82.1 Å². The number of fused-ring (bicyclic) bond motifs is 3. The van der Waals surface area contributed by atoms with Crippen molar-refractivity contribution in [2.45, 2.75) is 76.3 Å². The summed E-state index contributed by atoms with van der Waals surface area (Å²) in [7, 11) is 1.36. The lowest BCUT2D eigenvalue weighted by molar-refractivity contribution is -0.149. The highest BCUT2D eigenvalue weighted by molar-refractivity contribution is 6.31. The Balaban J connectivity index is 0.830. The van der Waals surface area contributed by atoms with Crippen molar-refractivity contribution in [1.82, 2.24) is 20.0 Å². The number of piperidine rings is 1. The standard InChI is InChI=1S/C42H46ClF3N8O5/c1-51-36(55)16-15-34(40(51)57)54-39(56)28-9-8-10-30(37(28)41(54)58)47-18-6-4-2-3-5-7-19-48-42(59)52-20-17-27(23-52)49-38-29-21-25(43)11-13-32(29)53(24-35(45)46)33-14-12-26(44)22-31(33)50-38/h8-14,21-22,27,34-35,47H,2-7,15-20,23-24H2,1H3,(H,48,59)(H,49,50)/t27-,34?/m0/s1. The summed E-state index contributed by atoms with van der Waals surface area (Å²) >= 11 is 6.34. The van der Waals surface area contributed by atoms with Crippen LogP contribution in [-0.2, 0) is 9.59 Å². The number of carbonyl (C=O) groups excluding carboxylic acids is 5. The van der Waals surface area contributed by atoms with Crippen molar-refractivity contribution in [3.63, 3.8) is 0 Å². The molecule has 1 unspecified atom stereocenters. The number of halogens is 4. The van der Waals surface area contributed by atoms with Crippen LogP contribution in [0.5, 0.6) is 0 Å². The molecule has 0 aromatic heterocycles. The van der Waals surface area contributed by atoms with Crippen LogP contribution >= 0.6 is 11.6 Å². The Hall–Kier alpha value is -5.64. The van der Waals surface area contributed by atoms with Crippen molar-refractivity contribution < 1.29 is 37.1 Å². The van der Waals surface area contributed by atoms with Gasteiger partial charge in [0.15, 0.2) is 0 Å². The molecule has 13 nitrogen and oxygen atoms in total. The van der Waals surface area contributed by atoms with Gasteiger partial charge in [-0.1, -0.05) is 43.4 Å². The third kappa shape index (κ3) is 9.02. The van der Waals surface area contributed by atoms with Crippen LogP contribution in [0.15, 0.2) is 59.6 Å². The number of amides is 6. The highest BCUT2D eigenvalue weighted by Crippen LogP contribution is 2.40. The molecule has 2 atom stereocenters. The van der Waals surface area contributed by atoms with Crippen molar-refractivity contribution in [2.75, 3.05) is 55.3 Å². The molecular formula is C42H46ClF3N8O5. The Labute approximate surface area is 344 Å². The largest absolute Gasteiger partial charge is 0.384 e. The normalized spacial score (nSPS) is 19.6. The van der Waals surface area contributed by atoms with Crippen LogP contribution in [0, 0.1) is 5.82 Å². The molecule has 4 aliphatic rings. The number of likely N-dealkylation sites (tertiary alicyclic amines) is 2. The number of likely N-dealkylation sites (N-methyl/N-ethyl adjacent to an activating group) is 1. The van der Waals surface area contributed by atoms with Gasteiger partial charge in [-0.3, -0.25) is 34.0 Å². The lowest BCUT2D eigenvalue weighted by Gasteiger charge is -2.32. The number of anilines is 4. The maximum Gasteiger partial charge on any atom is 0.317 e. The third-order valence-electron chi connectivity index (χ3n) is 11.2. The van der Waals surface area contributed by atoms with Gasteiger partial charge in [0.05, 0.1) is 40.8 Å². The fourth-order valence-corrected chi connectivity index (χ4v) is 8.28. The van der Waals surface area contributed by atoms with Gasteiger partial charge in [-0.25, -0.2) is 18.0 Å². The molecule has 0 bridgehead atoms. The number of unbranched alkanes of at least 4 members (excludes halogenated alkanes) is 5.